The van der Waals surface area contributed by atoms with Crippen LogP contribution in [0.25, 0.3) is 0 Å². The lowest BCUT2D eigenvalue weighted by atomic mass is 9.84. The topological polar surface area (TPSA) is 106 Å². The number of benzene rings is 1. The molecule has 0 saturated heterocycles. The minimum absolute atomic E-state index is 0.0600. The van der Waals surface area contributed by atoms with Gasteiger partial charge >= 0.3 is 11.9 Å². The Kier molecular flexibility index (Phi) is 5.66. The number of thiophene rings is 1. The largest absolute Gasteiger partial charge is 0.466 e. The normalized spacial score (nSPS) is 16.5. The van der Waals surface area contributed by atoms with Crippen molar-refractivity contribution in [2.24, 2.45) is 5.73 Å². The van der Waals surface area contributed by atoms with Crippen molar-refractivity contribution >= 4 is 29.0 Å². The van der Waals surface area contributed by atoms with Gasteiger partial charge in [-0.05, 0) is 35.7 Å². The van der Waals surface area contributed by atoms with Gasteiger partial charge in [-0.2, -0.15) is 5.26 Å². The molecule has 0 spiro atoms. The Hall–Kier alpha value is -3.64. The number of carbonyl (C=O) groups is 2. The number of hydrogen-bond donors (Lipinski definition) is 1. The Bertz CT molecular complexity index is 1050. The monoisotopic (exact) mass is 413 g/mol. The zero-order chi connectivity index (χ0) is 21.1. The molecule has 0 fully saturated rings. The first-order valence-electron chi connectivity index (χ1n) is 8.34. The molecule has 0 saturated carbocycles. The summed E-state index contributed by atoms with van der Waals surface area (Å²) in [7, 11) is 2.33. The number of anilines is 1. The molecule has 1 atom stereocenters. The van der Waals surface area contributed by atoms with Crippen LogP contribution in [0.5, 0.6) is 0 Å². The van der Waals surface area contributed by atoms with Gasteiger partial charge in [0, 0.05) is 10.6 Å². The van der Waals surface area contributed by atoms with E-state index in [1.165, 1.54) is 47.6 Å². The van der Waals surface area contributed by atoms with E-state index in [-0.39, 0.29) is 28.4 Å². The maximum Gasteiger partial charge on any atom is 0.355 e. The average Bonchev–Trinajstić information content (AvgIpc) is 3.27. The minimum atomic E-state index is -0.904. The molecular formula is C20H16FN3O4S. The Morgan fingerprint density at radius 2 is 1.83 bits per heavy atom. The second kappa shape index (κ2) is 8.16. The molecular weight excluding hydrogens is 397 g/mol. The number of allylic oxidation sites excluding steroid dienone is 1. The van der Waals surface area contributed by atoms with Crippen molar-refractivity contribution < 1.29 is 23.5 Å². The highest BCUT2D eigenvalue weighted by molar-refractivity contribution is 7.10. The molecule has 0 radical (unpaired) electrons. The summed E-state index contributed by atoms with van der Waals surface area (Å²) in [5, 5.41) is 11.6. The lowest BCUT2D eigenvalue weighted by Crippen LogP contribution is -2.40. The fourth-order valence-electron chi connectivity index (χ4n) is 3.13. The van der Waals surface area contributed by atoms with Gasteiger partial charge in [-0.15, -0.1) is 11.3 Å². The van der Waals surface area contributed by atoms with Crippen LogP contribution in [0.2, 0.25) is 0 Å². The zero-order valence-electron chi connectivity index (χ0n) is 15.5. The van der Waals surface area contributed by atoms with Gasteiger partial charge in [-0.3, -0.25) is 4.90 Å². The van der Waals surface area contributed by atoms with Crippen LogP contribution in [-0.2, 0) is 19.1 Å². The Morgan fingerprint density at radius 1 is 1.17 bits per heavy atom. The Labute approximate surface area is 170 Å². The van der Waals surface area contributed by atoms with Crippen LogP contribution in [-0.4, -0.2) is 26.2 Å². The van der Waals surface area contributed by atoms with Crippen LogP contribution < -0.4 is 10.6 Å². The molecule has 1 aliphatic heterocycles. The number of nitrogens with zero attached hydrogens (tertiary/aromatic N) is 2. The summed E-state index contributed by atoms with van der Waals surface area (Å²) >= 11 is 1.30. The van der Waals surface area contributed by atoms with Crippen LogP contribution in [0.4, 0.5) is 10.1 Å². The predicted molar refractivity (Wildman–Crippen MR) is 104 cm³/mol. The molecule has 2 heterocycles. The molecule has 2 aromatic rings. The van der Waals surface area contributed by atoms with Crippen molar-refractivity contribution in [3.63, 3.8) is 0 Å². The summed E-state index contributed by atoms with van der Waals surface area (Å²) in [6.07, 6.45) is 0. The van der Waals surface area contributed by atoms with Crippen LogP contribution in [0.3, 0.4) is 0 Å². The minimum Gasteiger partial charge on any atom is -0.466 e. The van der Waals surface area contributed by atoms with Crippen molar-refractivity contribution in [3.05, 3.63) is 75.1 Å². The third kappa shape index (κ3) is 3.46. The lowest BCUT2D eigenvalue weighted by molar-refractivity contribution is -0.139. The molecule has 0 bridgehead atoms. The maximum atomic E-state index is 13.4. The Balaban J connectivity index is 2.38. The second-order valence-electron chi connectivity index (χ2n) is 5.92. The first-order valence-corrected chi connectivity index (χ1v) is 9.22. The van der Waals surface area contributed by atoms with E-state index < -0.39 is 23.7 Å². The number of nitrogens with two attached hydrogens (primary N) is 1. The smallest absolute Gasteiger partial charge is 0.355 e. The summed E-state index contributed by atoms with van der Waals surface area (Å²) in [4.78, 5) is 27.3. The molecule has 2 N–H and O–H groups in total. The number of halogens is 1. The molecule has 0 amide bonds. The number of hydrogen-bond acceptors (Lipinski definition) is 8. The average molecular weight is 413 g/mol. The molecule has 148 valence electrons. The van der Waals surface area contributed by atoms with Gasteiger partial charge in [-0.1, -0.05) is 6.07 Å². The van der Waals surface area contributed by atoms with Gasteiger partial charge < -0.3 is 15.2 Å². The second-order valence-corrected chi connectivity index (χ2v) is 6.90. The van der Waals surface area contributed by atoms with Crippen molar-refractivity contribution in [2.75, 3.05) is 19.1 Å². The molecule has 7 nitrogen and oxygen atoms in total. The third-order valence-electron chi connectivity index (χ3n) is 4.39. The summed E-state index contributed by atoms with van der Waals surface area (Å²) in [5.41, 5.74) is 6.35. The molecule has 1 aromatic carbocycles. The Morgan fingerprint density at radius 3 is 2.34 bits per heavy atom. The van der Waals surface area contributed by atoms with Crippen molar-refractivity contribution in [3.8, 4) is 6.07 Å². The summed E-state index contributed by atoms with van der Waals surface area (Å²) in [6, 6.07) is 10.6. The first kappa shape index (κ1) is 20.1. The van der Waals surface area contributed by atoms with E-state index in [2.05, 4.69) is 0 Å². The van der Waals surface area contributed by atoms with Crippen LogP contribution in [0.1, 0.15) is 10.8 Å². The first-order chi connectivity index (χ1) is 13.9. The van der Waals surface area contributed by atoms with E-state index in [0.717, 1.165) is 7.11 Å². The summed E-state index contributed by atoms with van der Waals surface area (Å²) in [6.45, 7) is 0. The van der Waals surface area contributed by atoms with E-state index in [0.29, 0.717) is 4.88 Å². The lowest BCUT2D eigenvalue weighted by Gasteiger charge is -2.35. The van der Waals surface area contributed by atoms with E-state index in [1.807, 2.05) is 6.07 Å². The fourth-order valence-corrected chi connectivity index (χ4v) is 3.98. The third-order valence-corrected chi connectivity index (χ3v) is 5.33. The van der Waals surface area contributed by atoms with E-state index in [9.17, 15) is 19.2 Å². The van der Waals surface area contributed by atoms with Gasteiger partial charge in [0.1, 0.15) is 17.3 Å². The molecule has 1 aliphatic rings. The highest BCUT2D eigenvalue weighted by Crippen LogP contribution is 2.44. The van der Waals surface area contributed by atoms with Crippen LogP contribution in [0.15, 0.2) is 64.4 Å². The molecule has 29 heavy (non-hydrogen) atoms. The van der Waals surface area contributed by atoms with E-state index >= 15 is 0 Å². The van der Waals surface area contributed by atoms with Crippen LogP contribution >= 0.6 is 11.3 Å². The highest BCUT2D eigenvalue weighted by Gasteiger charge is 2.43. The van der Waals surface area contributed by atoms with Gasteiger partial charge in [0.25, 0.3) is 0 Å². The highest BCUT2D eigenvalue weighted by atomic mass is 32.1. The molecule has 1 aromatic heterocycles. The number of rotatable bonds is 4. The van der Waals surface area contributed by atoms with Gasteiger partial charge in [0.2, 0.25) is 0 Å². The van der Waals surface area contributed by atoms with E-state index in [4.69, 9.17) is 15.2 Å². The summed E-state index contributed by atoms with van der Waals surface area (Å²) < 4.78 is 23.2. The number of esters is 2. The zero-order valence-corrected chi connectivity index (χ0v) is 16.3. The van der Waals surface area contributed by atoms with Crippen molar-refractivity contribution in [2.45, 2.75) is 5.92 Å². The standard InChI is InChI=1S/C20H16FN3O4S/c1-27-19(25)16-15(14-4-3-9-29-14)13(10-22)18(23)24(17(16)20(26)28-2)12-7-5-11(21)6-8-12/h3-9,15H,23H2,1-2H3/t15-/m0/s1. The molecule has 3 rings (SSSR count). The van der Waals surface area contributed by atoms with Gasteiger partial charge in [0.15, 0.2) is 0 Å². The number of methoxy groups -OCH3 is 2. The fraction of sp³-hybridized carbons (Fsp3) is 0.150. The van der Waals surface area contributed by atoms with E-state index in [1.54, 1.807) is 17.5 Å². The van der Waals surface area contributed by atoms with Gasteiger partial charge in [-0.25, -0.2) is 14.0 Å². The molecule has 0 aliphatic carbocycles. The number of nitriles is 1. The quantitative estimate of drug-likeness (QED) is 0.768. The predicted octanol–water partition coefficient (Wildman–Crippen LogP) is 2.78. The van der Waals surface area contributed by atoms with Crippen molar-refractivity contribution in [1.29, 1.82) is 5.26 Å². The molecule has 9 heteroatoms. The maximum absolute atomic E-state index is 13.4. The van der Waals surface area contributed by atoms with Gasteiger partial charge in [0.05, 0.1) is 37.4 Å². The van der Waals surface area contributed by atoms with Crippen LogP contribution in [0, 0.1) is 17.1 Å². The van der Waals surface area contributed by atoms with Crippen molar-refractivity contribution in [1.82, 2.24) is 0 Å². The number of ether oxygens (including phenoxy) is 2. The summed E-state index contributed by atoms with van der Waals surface area (Å²) in [5.74, 6) is -3.13. The SMILES string of the molecule is COC(=O)C1=C(C(=O)OC)N(c2ccc(F)cc2)C(N)=C(C#N)[C@H]1c1cccs1. The molecule has 0 unspecified atom stereocenters. The number of carbonyl (C=O) groups excluding carboxylic acids is 2.